The molecule has 0 radical (unpaired) electrons. The van der Waals surface area contributed by atoms with E-state index in [0.29, 0.717) is 23.7 Å². The molecule has 0 bridgehead atoms. The van der Waals surface area contributed by atoms with Gasteiger partial charge in [-0.3, -0.25) is 14.9 Å². The van der Waals surface area contributed by atoms with Crippen molar-refractivity contribution in [3.8, 4) is 5.75 Å². The quantitative estimate of drug-likeness (QED) is 0.474. The molecule has 3 aromatic rings. The van der Waals surface area contributed by atoms with Gasteiger partial charge < -0.3 is 15.4 Å². The second-order valence-corrected chi connectivity index (χ2v) is 7.85. The number of imide groups is 1. The van der Waals surface area contributed by atoms with Gasteiger partial charge in [0, 0.05) is 22.1 Å². The van der Waals surface area contributed by atoms with Crippen LogP contribution in [0.15, 0.2) is 66.0 Å². The minimum Gasteiger partial charge on any atom is -0.483 e. The Bertz CT molecular complexity index is 1040. The van der Waals surface area contributed by atoms with Crippen molar-refractivity contribution in [3.05, 3.63) is 81.5 Å². The molecule has 2 aromatic carbocycles. The van der Waals surface area contributed by atoms with Crippen molar-refractivity contribution in [1.82, 2.24) is 10.6 Å². The number of rotatable bonds is 8. The molecule has 0 aliphatic carbocycles. The zero-order chi connectivity index (χ0) is 22.1. The molecule has 0 saturated heterocycles. The number of ether oxygens (including phenoxy) is 1. The van der Waals surface area contributed by atoms with Crippen LogP contribution in [0.5, 0.6) is 5.75 Å². The molecule has 0 fully saturated rings. The van der Waals surface area contributed by atoms with Crippen LogP contribution >= 0.6 is 22.9 Å². The first kappa shape index (κ1) is 22.3. The molecule has 0 unspecified atom stereocenters. The third-order valence-corrected chi connectivity index (χ3v) is 5.24. The maximum absolute atomic E-state index is 12.6. The van der Waals surface area contributed by atoms with Gasteiger partial charge in [0.25, 0.3) is 11.8 Å². The molecule has 1 aromatic heterocycles. The summed E-state index contributed by atoms with van der Waals surface area (Å²) >= 11 is 7.61. The minimum atomic E-state index is -0.641. The Morgan fingerprint density at radius 1 is 1.00 bits per heavy atom. The molecule has 0 saturated carbocycles. The highest BCUT2D eigenvalue weighted by Crippen LogP contribution is 2.24. The van der Waals surface area contributed by atoms with Gasteiger partial charge >= 0.3 is 6.03 Å². The number of benzene rings is 2. The number of para-hydroxylation sites is 1. The predicted molar refractivity (Wildman–Crippen MR) is 121 cm³/mol. The number of hydrogen-bond acceptors (Lipinski definition) is 5. The summed E-state index contributed by atoms with van der Waals surface area (Å²) in [7, 11) is 0. The average Bonchev–Trinajstić information content (AvgIpc) is 3.27. The van der Waals surface area contributed by atoms with Crippen LogP contribution in [0.3, 0.4) is 0 Å². The van der Waals surface area contributed by atoms with Crippen LogP contribution in [0, 0.1) is 0 Å². The summed E-state index contributed by atoms with van der Waals surface area (Å²) in [5.74, 6) is -0.903. The summed E-state index contributed by atoms with van der Waals surface area (Å²) < 4.78 is 5.47. The summed E-state index contributed by atoms with van der Waals surface area (Å²) in [6.45, 7) is -0.0347. The van der Waals surface area contributed by atoms with Crippen LogP contribution in [0.25, 0.3) is 0 Å². The number of amides is 4. The molecule has 3 rings (SSSR count). The third-order valence-electron chi connectivity index (χ3n) is 4.07. The van der Waals surface area contributed by atoms with Crippen molar-refractivity contribution in [1.29, 1.82) is 0 Å². The zero-order valence-corrected chi connectivity index (χ0v) is 18.0. The SMILES string of the molecule is O=C(COc1ccc(Cl)cc1C(=O)Nc1ccccc1)NC(=O)NCCc1cccs1. The zero-order valence-electron chi connectivity index (χ0n) is 16.4. The maximum atomic E-state index is 12.6. The van der Waals surface area contributed by atoms with Crippen LogP contribution in [0.1, 0.15) is 15.2 Å². The lowest BCUT2D eigenvalue weighted by molar-refractivity contribution is -0.122. The van der Waals surface area contributed by atoms with E-state index in [4.69, 9.17) is 16.3 Å². The fourth-order valence-corrected chi connectivity index (χ4v) is 3.51. The van der Waals surface area contributed by atoms with Gasteiger partial charge in [-0.1, -0.05) is 35.9 Å². The molecule has 160 valence electrons. The highest BCUT2D eigenvalue weighted by molar-refractivity contribution is 7.09. The number of urea groups is 1. The second kappa shape index (κ2) is 11.1. The molecule has 31 heavy (non-hydrogen) atoms. The van der Waals surface area contributed by atoms with E-state index in [2.05, 4.69) is 16.0 Å². The molecule has 1 heterocycles. The van der Waals surface area contributed by atoms with Gasteiger partial charge in [0.05, 0.1) is 5.56 Å². The molecular formula is C22H20ClN3O4S. The molecule has 3 N–H and O–H groups in total. The third kappa shape index (κ3) is 7.13. The first-order chi connectivity index (χ1) is 15.0. The van der Waals surface area contributed by atoms with Gasteiger partial charge in [0.1, 0.15) is 5.75 Å². The molecular weight excluding hydrogens is 438 g/mol. The number of thiophene rings is 1. The van der Waals surface area contributed by atoms with E-state index in [1.165, 1.54) is 12.1 Å². The fourth-order valence-electron chi connectivity index (χ4n) is 2.63. The van der Waals surface area contributed by atoms with Crippen molar-refractivity contribution in [3.63, 3.8) is 0 Å². The highest BCUT2D eigenvalue weighted by atomic mass is 35.5. The van der Waals surface area contributed by atoms with Gasteiger partial charge in [-0.25, -0.2) is 4.79 Å². The van der Waals surface area contributed by atoms with E-state index in [1.54, 1.807) is 41.7 Å². The monoisotopic (exact) mass is 457 g/mol. The maximum Gasteiger partial charge on any atom is 0.321 e. The Labute approximate surface area is 188 Å². The van der Waals surface area contributed by atoms with E-state index < -0.39 is 24.5 Å². The summed E-state index contributed by atoms with van der Waals surface area (Å²) in [6.07, 6.45) is 0.681. The number of halogens is 1. The number of carbonyl (C=O) groups is 3. The summed E-state index contributed by atoms with van der Waals surface area (Å²) in [5.41, 5.74) is 0.778. The Balaban J connectivity index is 1.51. The largest absolute Gasteiger partial charge is 0.483 e. The first-order valence-corrected chi connectivity index (χ1v) is 10.7. The summed E-state index contributed by atoms with van der Waals surface area (Å²) in [6, 6.07) is 16.7. The van der Waals surface area contributed by atoms with Crippen LogP contribution in [-0.4, -0.2) is 31.0 Å². The van der Waals surface area contributed by atoms with Crippen LogP contribution < -0.4 is 20.7 Å². The van der Waals surface area contributed by atoms with Crippen LogP contribution in [0.2, 0.25) is 5.02 Å². The van der Waals surface area contributed by atoms with E-state index in [-0.39, 0.29) is 11.3 Å². The second-order valence-electron chi connectivity index (χ2n) is 6.38. The first-order valence-electron chi connectivity index (χ1n) is 9.40. The van der Waals surface area contributed by atoms with E-state index in [9.17, 15) is 14.4 Å². The van der Waals surface area contributed by atoms with Gasteiger partial charge in [-0.05, 0) is 48.2 Å². The van der Waals surface area contributed by atoms with E-state index >= 15 is 0 Å². The van der Waals surface area contributed by atoms with Gasteiger partial charge in [0.2, 0.25) is 0 Å². The highest BCUT2D eigenvalue weighted by Gasteiger charge is 2.16. The van der Waals surface area contributed by atoms with E-state index in [1.807, 2.05) is 23.6 Å². The Kier molecular flexibility index (Phi) is 8.03. The van der Waals surface area contributed by atoms with Gasteiger partial charge in [0.15, 0.2) is 6.61 Å². The summed E-state index contributed by atoms with van der Waals surface area (Å²) in [5, 5.41) is 9.85. The Morgan fingerprint density at radius 2 is 1.81 bits per heavy atom. The van der Waals surface area contributed by atoms with Crippen LogP contribution in [-0.2, 0) is 11.2 Å². The lowest BCUT2D eigenvalue weighted by Crippen LogP contribution is -2.42. The Morgan fingerprint density at radius 3 is 2.55 bits per heavy atom. The molecule has 0 aliphatic heterocycles. The topological polar surface area (TPSA) is 96.5 Å². The smallest absolute Gasteiger partial charge is 0.321 e. The number of nitrogens with one attached hydrogen (secondary N) is 3. The number of anilines is 1. The molecule has 0 spiro atoms. The predicted octanol–water partition coefficient (Wildman–Crippen LogP) is 4.10. The van der Waals surface area contributed by atoms with Crippen LogP contribution in [0.4, 0.5) is 10.5 Å². The van der Waals surface area contributed by atoms with E-state index in [0.717, 1.165) is 4.88 Å². The van der Waals surface area contributed by atoms with Crippen molar-refractivity contribution in [2.45, 2.75) is 6.42 Å². The van der Waals surface area contributed by atoms with Gasteiger partial charge in [-0.2, -0.15) is 0 Å². The molecule has 7 nitrogen and oxygen atoms in total. The number of carbonyl (C=O) groups excluding carboxylic acids is 3. The fraction of sp³-hybridized carbons (Fsp3) is 0.136. The molecule has 9 heteroatoms. The molecule has 4 amide bonds. The average molecular weight is 458 g/mol. The van der Waals surface area contributed by atoms with Gasteiger partial charge in [-0.15, -0.1) is 11.3 Å². The lowest BCUT2D eigenvalue weighted by atomic mass is 10.2. The normalized spacial score (nSPS) is 10.2. The van der Waals surface area contributed by atoms with Crippen molar-refractivity contribution in [2.75, 3.05) is 18.5 Å². The Hall–Kier alpha value is -3.36. The molecule has 0 aliphatic rings. The summed E-state index contributed by atoms with van der Waals surface area (Å²) in [4.78, 5) is 37.6. The van der Waals surface area contributed by atoms with Crippen molar-refractivity contribution < 1.29 is 19.1 Å². The lowest BCUT2D eigenvalue weighted by Gasteiger charge is -2.12. The van der Waals surface area contributed by atoms with Crippen molar-refractivity contribution in [2.24, 2.45) is 0 Å². The minimum absolute atomic E-state index is 0.171. The molecule has 0 atom stereocenters. The van der Waals surface area contributed by atoms with Crippen molar-refractivity contribution >= 4 is 46.5 Å². The standard InChI is InChI=1S/C22H20ClN3O4S/c23-15-8-9-19(18(13-15)21(28)25-16-5-2-1-3-6-16)30-14-20(27)26-22(29)24-11-10-17-7-4-12-31-17/h1-9,12-13H,10-11,14H2,(H,25,28)(H2,24,26,27,29). The number of hydrogen-bond donors (Lipinski definition) is 3.